The molecule has 0 saturated carbocycles. The van der Waals surface area contributed by atoms with Crippen molar-refractivity contribution < 1.29 is 34.0 Å². The minimum absolute atomic E-state index is 0.00778. The highest BCUT2D eigenvalue weighted by Gasteiger charge is 2.30. The van der Waals surface area contributed by atoms with E-state index in [4.69, 9.17) is 19.6 Å². The van der Waals surface area contributed by atoms with Gasteiger partial charge in [0.05, 0.1) is 36.6 Å². The number of methoxy groups -OCH3 is 2. The van der Waals surface area contributed by atoms with Crippen LogP contribution in [0.25, 0.3) is 17.2 Å². The normalized spacial score (nSPS) is 14.0. The third-order valence-electron chi connectivity index (χ3n) is 5.82. The predicted octanol–water partition coefficient (Wildman–Crippen LogP) is 4.64. The lowest BCUT2D eigenvalue weighted by molar-refractivity contribution is -0.139. The first-order valence-electron chi connectivity index (χ1n) is 11.5. The second-order valence-corrected chi connectivity index (χ2v) is 9.34. The number of carbonyl (C=O) groups is 1. The number of aliphatic carboxylic acids is 1. The number of aliphatic hydroxyl groups excluding tert-OH is 2. The summed E-state index contributed by atoms with van der Waals surface area (Å²) in [4.78, 5) is 15.8. The van der Waals surface area contributed by atoms with E-state index in [1.54, 1.807) is 32.4 Å². The second kappa shape index (κ2) is 12.4. The summed E-state index contributed by atoms with van der Waals surface area (Å²) in [5, 5.41) is 29.2. The number of halogens is 1. The topological polar surface area (TPSA) is 109 Å². The largest absolute Gasteiger partial charge is 0.481 e. The predicted molar refractivity (Wildman–Crippen MR) is 132 cm³/mol. The zero-order chi connectivity index (χ0) is 26.3. The van der Waals surface area contributed by atoms with E-state index in [9.17, 15) is 19.4 Å². The Morgan fingerprint density at radius 2 is 1.80 bits per heavy atom. The molecule has 192 valence electrons. The number of aromatic nitrogens is 1. The lowest BCUT2D eigenvalue weighted by Gasteiger charge is -2.30. The molecule has 1 aromatic carbocycles. The average Bonchev–Trinajstić information content (AvgIpc) is 2.77. The van der Waals surface area contributed by atoms with Gasteiger partial charge in [-0.25, -0.2) is 4.39 Å². The van der Waals surface area contributed by atoms with Gasteiger partial charge >= 0.3 is 5.97 Å². The van der Waals surface area contributed by atoms with Gasteiger partial charge in [-0.05, 0) is 43.0 Å². The number of rotatable bonds is 12. The molecule has 7 nitrogen and oxygen atoms in total. The Hall–Kier alpha value is -2.65. The van der Waals surface area contributed by atoms with Crippen molar-refractivity contribution in [2.75, 3.05) is 14.2 Å². The number of ether oxygens (including phenoxy) is 2. The second-order valence-electron chi connectivity index (χ2n) is 9.34. The Morgan fingerprint density at radius 3 is 2.31 bits per heavy atom. The van der Waals surface area contributed by atoms with Crippen molar-refractivity contribution >= 4 is 12.0 Å². The first-order chi connectivity index (χ1) is 16.4. The summed E-state index contributed by atoms with van der Waals surface area (Å²) in [6.07, 6.45) is 0.398. The molecule has 3 N–H and O–H groups in total. The number of nitrogens with zero attached hydrogens (tertiary/aromatic N) is 1. The van der Waals surface area contributed by atoms with Gasteiger partial charge < -0.3 is 24.8 Å². The minimum atomic E-state index is -1.18. The quantitative estimate of drug-likeness (QED) is 0.399. The molecule has 0 bridgehead atoms. The minimum Gasteiger partial charge on any atom is -0.481 e. The van der Waals surface area contributed by atoms with Gasteiger partial charge in [0, 0.05) is 31.8 Å². The third kappa shape index (κ3) is 7.41. The van der Waals surface area contributed by atoms with Crippen LogP contribution in [0, 0.1) is 5.82 Å². The van der Waals surface area contributed by atoms with Gasteiger partial charge in [0.15, 0.2) is 0 Å². The smallest absolute Gasteiger partial charge is 0.305 e. The molecule has 0 aliphatic carbocycles. The van der Waals surface area contributed by atoms with Gasteiger partial charge in [-0.15, -0.1) is 0 Å². The highest BCUT2D eigenvalue weighted by atomic mass is 19.1. The van der Waals surface area contributed by atoms with Crippen molar-refractivity contribution in [3.8, 4) is 11.1 Å². The molecule has 2 atom stereocenters. The summed E-state index contributed by atoms with van der Waals surface area (Å²) in [6.45, 7) is 8.05. The number of carboxylic acids is 1. The van der Waals surface area contributed by atoms with Crippen molar-refractivity contribution in [3.63, 3.8) is 0 Å². The molecule has 0 aliphatic rings. The lowest BCUT2D eigenvalue weighted by atomic mass is 9.85. The fourth-order valence-electron chi connectivity index (χ4n) is 3.94. The number of aliphatic hydroxyl groups is 2. The van der Waals surface area contributed by atoms with Crippen LogP contribution in [0.5, 0.6) is 0 Å². The van der Waals surface area contributed by atoms with Crippen molar-refractivity contribution in [2.24, 2.45) is 0 Å². The van der Waals surface area contributed by atoms with Crippen LogP contribution in [-0.2, 0) is 26.5 Å². The van der Waals surface area contributed by atoms with Crippen LogP contribution in [0.15, 0.2) is 30.3 Å². The summed E-state index contributed by atoms with van der Waals surface area (Å²) < 4.78 is 25.1. The van der Waals surface area contributed by atoms with E-state index in [-0.39, 0.29) is 24.8 Å². The summed E-state index contributed by atoms with van der Waals surface area (Å²) >= 11 is 0. The molecule has 0 amide bonds. The van der Waals surface area contributed by atoms with E-state index in [2.05, 4.69) is 0 Å². The molecule has 1 aromatic heterocycles. The number of pyridine rings is 1. The molecule has 0 saturated heterocycles. The molecule has 0 fully saturated rings. The third-order valence-corrected chi connectivity index (χ3v) is 5.82. The highest BCUT2D eigenvalue weighted by molar-refractivity contribution is 5.80. The van der Waals surface area contributed by atoms with E-state index in [0.29, 0.717) is 5.69 Å². The molecule has 1 heterocycles. The summed E-state index contributed by atoms with van der Waals surface area (Å²) in [6, 6.07) is 6.13. The van der Waals surface area contributed by atoms with Gasteiger partial charge in [-0.2, -0.15) is 0 Å². The first-order valence-corrected chi connectivity index (χ1v) is 11.5. The highest BCUT2D eigenvalue weighted by Crippen LogP contribution is 2.39. The number of hydrogen-bond donors (Lipinski definition) is 3. The van der Waals surface area contributed by atoms with Gasteiger partial charge in [0.25, 0.3) is 0 Å². The van der Waals surface area contributed by atoms with Crippen LogP contribution in [-0.4, -0.2) is 52.7 Å². The Morgan fingerprint density at radius 1 is 1.17 bits per heavy atom. The summed E-state index contributed by atoms with van der Waals surface area (Å²) in [5.41, 5.74) is 3.72. The van der Waals surface area contributed by atoms with Crippen LogP contribution in [0.1, 0.15) is 69.0 Å². The fraction of sp³-hybridized carbons (Fsp3) is 0.481. The van der Waals surface area contributed by atoms with Gasteiger partial charge in [0.1, 0.15) is 11.4 Å². The van der Waals surface area contributed by atoms with Crippen molar-refractivity contribution in [2.45, 2.75) is 70.9 Å². The molecule has 8 heteroatoms. The summed E-state index contributed by atoms with van der Waals surface area (Å²) in [7, 11) is 3.19. The molecule has 2 aromatic rings. The molecule has 0 spiro atoms. The fourth-order valence-corrected chi connectivity index (χ4v) is 3.94. The van der Waals surface area contributed by atoms with Crippen LogP contribution in [0.2, 0.25) is 0 Å². The Labute approximate surface area is 206 Å². The standard InChI is InChI=1S/C27H36FNO6/c1-16(2)25-21(12-11-19(30)13-20(31)14-23(32)33)24(17-7-9-18(28)10-8-17)22(15-34-5)26(29-25)27(3,4)35-6/h7-12,16,19-20,30-31H,13-15H2,1-6H3,(H,32,33)/b12-11+/t19-,20-/m1/s1. The molecule has 2 rings (SSSR count). The van der Waals surface area contributed by atoms with Gasteiger partial charge in [-0.3, -0.25) is 9.78 Å². The molecular formula is C27H36FNO6. The number of benzene rings is 1. The maximum Gasteiger partial charge on any atom is 0.305 e. The molecular weight excluding hydrogens is 453 g/mol. The molecule has 35 heavy (non-hydrogen) atoms. The SMILES string of the molecule is COCc1c(C(C)(C)OC)nc(C(C)C)c(/C=C/[C@@H](O)C[C@@H](O)CC(=O)O)c1-c1ccc(F)cc1. The lowest BCUT2D eigenvalue weighted by Crippen LogP contribution is -2.26. The maximum absolute atomic E-state index is 13.8. The van der Waals surface area contributed by atoms with Crippen LogP contribution in [0.3, 0.4) is 0 Å². The average molecular weight is 490 g/mol. The van der Waals surface area contributed by atoms with E-state index in [1.165, 1.54) is 18.2 Å². The van der Waals surface area contributed by atoms with Crippen molar-refractivity contribution in [1.29, 1.82) is 0 Å². The van der Waals surface area contributed by atoms with Gasteiger partial charge in [0.2, 0.25) is 0 Å². The number of carboxylic acid groups (broad SMARTS) is 1. The Balaban J connectivity index is 2.78. The van der Waals surface area contributed by atoms with Crippen molar-refractivity contribution in [1.82, 2.24) is 4.98 Å². The summed E-state index contributed by atoms with van der Waals surface area (Å²) in [5.74, 6) is -1.51. The van der Waals surface area contributed by atoms with E-state index in [0.717, 1.165) is 27.9 Å². The zero-order valence-corrected chi connectivity index (χ0v) is 21.2. The van der Waals surface area contributed by atoms with Crippen LogP contribution < -0.4 is 0 Å². The van der Waals surface area contributed by atoms with E-state index in [1.807, 2.05) is 27.7 Å². The number of hydrogen-bond acceptors (Lipinski definition) is 6. The van der Waals surface area contributed by atoms with Crippen LogP contribution in [0.4, 0.5) is 4.39 Å². The van der Waals surface area contributed by atoms with E-state index < -0.39 is 30.2 Å². The molecule has 0 aliphatic heterocycles. The Bertz CT molecular complexity index is 1030. The maximum atomic E-state index is 13.8. The van der Waals surface area contributed by atoms with E-state index >= 15 is 0 Å². The molecule has 0 unspecified atom stereocenters. The van der Waals surface area contributed by atoms with Crippen molar-refractivity contribution in [3.05, 3.63) is 58.7 Å². The molecule has 0 radical (unpaired) electrons. The van der Waals surface area contributed by atoms with Gasteiger partial charge in [-0.1, -0.05) is 38.1 Å². The Kier molecular flexibility index (Phi) is 10.1. The first kappa shape index (κ1) is 28.6. The zero-order valence-electron chi connectivity index (χ0n) is 21.2. The van der Waals surface area contributed by atoms with Crippen LogP contribution >= 0.6 is 0 Å². The monoisotopic (exact) mass is 489 g/mol.